The smallest absolute Gasteiger partial charge is 0.129 e. The fourth-order valence-corrected chi connectivity index (χ4v) is 2.63. The van der Waals surface area contributed by atoms with Gasteiger partial charge in [0.05, 0.1) is 0 Å². The predicted molar refractivity (Wildman–Crippen MR) is 76.7 cm³/mol. The largest absolute Gasteiger partial charge is 0.356 e. The summed E-state index contributed by atoms with van der Waals surface area (Å²) in [6, 6.07) is 4.28. The maximum absolute atomic E-state index is 5.77. The number of nitrogens with two attached hydrogens (primary N) is 1. The number of pyridine rings is 1. The van der Waals surface area contributed by atoms with Crippen LogP contribution in [0.15, 0.2) is 12.1 Å². The lowest BCUT2D eigenvalue weighted by Crippen LogP contribution is -2.23. The molecule has 0 saturated carbocycles. The molecular weight excluding hydrogens is 222 g/mol. The van der Waals surface area contributed by atoms with Crippen molar-refractivity contribution < 1.29 is 0 Å². The molecule has 0 aliphatic carbocycles. The van der Waals surface area contributed by atoms with Crippen molar-refractivity contribution in [3.63, 3.8) is 0 Å². The van der Waals surface area contributed by atoms with Gasteiger partial charge in [-0.2, -0.15) is 0 Å². The van der Waals surface area contributed by atoms with E-state index in [0.29, 0.717) is 6.54 Å². The first kappa shape index (κ1) is 13.3. The van der Waals surface area contributed by atoms with Crippen molar-refractivity contribution >= 4 is 5.82 Å². The highest BCUT2D eigenvalue weighted by atomic mass is 15.2. The molecule has 3 nitrogen and oxygen atoms in total. The SMILES string of the molecule is CCc1cc(CN)cc(N2CCC(C(C)C)C2)n1. The van der Waals surface area contributed by atoms with Crippen LogP contribution in [-0.2, 0) is 13.0 Å². The Morgan fingerprint density at radius 3 is 2.78 bits per heavy atom. The Kier molecular flexibility index (Phi) is 4.23. The Labute approximate surface area is 110 Å². The van der Waals surface area contributed by atoms with Gasteiger partial charge in [0.2, 0.25) is 0 Å². The van der Waals surface area contributed by atoms with Crippen molar-refractivity contribution in [3.8, 4) is 0 Å². The molecular formula is C15H25N3. The second-order valence-corrected chi connectivity index (χ2v) is 5.62. The average molecular weight is 247 g/mol. The van der Waals surface area contributed by atoms with Crippen molar-refractivity contribution in [2.24, 2.45) is 17.6 Å². The highest BCUT2D eigenvalue weighted by Gasteiger charge is 2.25. The summed E-state index contributed by atoms with van der Waals surface area (Å²) in [7, 11) is 0. The van der Waals surface area contributed by atoms with Gasteiger partial charge in [-0.25, -0.2) is 4.98 Å². The molecule has 1 aromatic heterocycles. The van der Waals surface area contributed by atoms with Crippen LogP contribution in [0.25, 0.3) is 0 Å². The number of aromatic nitrogens is 1. The maximum Gasteiger partial charge on any atom is 0.129 e. The lowest BCUT2D eigenvalue weighted by molar-refractivity contribution is 0.422. The minimum absolute atomic E-state index is 0.601. The normalized spacial score (nSPS) is 19.8. The van der Waals surface area contributed by atoms with E-state index in [2.05, 4.69) is 37.8 Å². The Morgan fingerprint density at radius 1 is 1.44 bits per heavy atom. The van der Waals surface area contributed by atoms with Gasteiger partial charge in [0.15, 0.2) is 0 Å². The van der Waals surface area contributed by atoms with Gasteiger partial charge in [0.25, 0.3) is 0 Å². The van der Waals surface area contributed by atoms with Gasteiger partial charge in [-0.1, -0.05) is 20.8 Å². The molecule has 1 fully saturated rings. The van der Waals surface area contributed by atoms with Gasteiger partial charge >= 0.3 is 0 Å². The first-order valence-corrected chi connectivity index (χ1v) is 7.08. The summed E-state index contributed by atoms with van der Waals surface area (Å²) in [5.74, 6) is 2.69. The van der Waals surface area contributed by atoms with E-state index in [1.807, 2.05) is 0 Å². The lowest BCUT2D eigenvalue weighted by atomic mass is 9.95. The third-order valence-corrected chi connectivity index (χ3v) is 4.01. The Morgan fingerprint density at radius 2 is 2.22 bits per heavy atom. The molecule has 0 spiro atoms. The zero-order valence-electron chi connectivity index (χ0n) is 11.8. The van der Waals surface area contributed by atoms with Crippen molar-refractivity contribution in [2.75, 3.05) is 18.0 Å². The van der Waals surface area contributed by atoms with Crippen molar-refractivity contribution in [1.82, 2.24) is 4.98 Å². The van der Waals surface area contributed by atoms with E-state index in [0.717, 1.165) is 42.9 Å². The molecule has 0 aromatic carbocycles. The molecule has 3 heteroatoms. The molecule has 1 unspecified atom stereocenters. The standard InChI is InChI=1S/C15H25N3/c1-4-14-7-12(9-16)8-15(17-14)18-6-5-13(10-18)11(2)3/h7-8,11,13H,4-6,9-10,16H2,1-3H3. The van der Waals surface area contributed by atoms with Crippen LogP contribution in [0.5, 0.6) is 0 Å². The maximum atomic E-state index is 5.77. The second kappa shape index (κ2) is 5.70. The van der Waals surface area contributed by atoms with Gasteiger partial charge in [0.1, 0.15) is 5.82 Å². The highest BCUT2D eigenvalue weighted by Crippen LogP contribution is 2.27. The molecule has 100 valence electrons. The Balaban J connectivity index is 2.18. The Hall–Kier alpha value is -1.09. The molecule has 18 heavy (non-hydrogen) atoms. The van der Waals surface area contributed by atoms with E-state index in [1.54, 1.807) is 0 Å². The number of hydrogen-bond donors (Lipinski definition) is 1. The highest BCUT2D eigenvalue weighted by molar-refractivity contribution is 5.44. The topological polar surface area (TPSA) is 42.1 Å². The summed E-state index contributed by atoms with van der Waals surface area (Å²) in [5, 5.41) is 0. The molecule has 0 radical (unpaired) electrons. The van der Waals surface area contributed by atoms with Crippen LogP contribution in [0.4, 0.5) is 5.82 Å². The summed E-state index contributed by atoms with van der Waals surface area (Å²) in [5.41, 5.74) is 8.12. The number of anilines is 1. The third-order valence-electron chi connectivity index (χ3n) is 4.01. The zero-order valence-corrected chi connectivity index (χ0v) is 11.8. The van der Waals surface area contributed by atoms with Gasteiger partial charge in [-0.3, -0.25) is 0 Å². The molecule has 0 bridgehead atoms. The van der Waals surface area contributed by atoms with Crippen LogP contribution in [0.3, 0.4) is 0 Å². The zero-order chi connectivity index (χ0) is 13.1. The van der Waals surface area contributed by atoms with Gasteiger partial charge < -0.3 is 10.6 Å². The predicted octanol–water partition coefficient (Wildman–Crippen LogP) is 2.59. The van der Waals surface area contributed by atoms with Crippen LogP contribution in [0.2, 0.25) is 0 Å². The number of nitrogens with zero attached hydrogens (tertiary/aromatic N) is 2. The van der Waals surface area contributed by atoms with Crippen LogP contribution in [0, 0.1) is 11.8 Å². The quantitative estimate of drug-likeness (QED) is 0.889. The van der Waals surface area contributed by atoms with E-state index in [9.17, 15) is 0 Å². The van der Waals surface area contributed by atoms with Gasteiger partial charge in [0, 0.05) is 25.3 Å². The second-order valence-electron chi connectivity index (χ2n) is 5.62. The van der Waals surface area contributed by atoms with Crippen molar-refractivity contribution in [3.05, 3.63) is 23.4 Å². The summed E-state index contributed by atoms with van der Waals surface area (Å²) in [6.07, 6.45) is 2.26. The summed E-state index contributed by atoms with van der Waals surface area (Å²) < 4.78 is 0. The van der Waals surface area contributed by atoms with E-state index >= 15 is 0 Å². The minimum atomic E-state index is 0.601. The fourth-order valence-electron chi connectivity index (χ4n) is 2.63. The molecule has 1 saturated heterocycles. The molecule has 0 amide bonds. The first-order valence-electron chi connectivity index (χ1n) is 7.08. The van der Waals surface area contributed by atoms with Gasteiger partial charge in [-0.15, -0.1) is 0 Å². The first-order chi connectivity index (χ1) is 8.63. The van der Waals surface area contributed by atoms with Crippen LogP contribution in [-0.4, -0.2) is 18.1 Å². The molecule has 2 heterocycles. The van der Waals surface area contributed by atoms with Crippen LogP contribution < -0.4 is 10.6 Å². The molecule has 1 atom stereocenters. The molecule has 1 aliphatic rings. The number of rotatable bonds is 4. The monoisotopic (exact) mass is 247 g/mol. The van der Waals surface area contributed by atoms with Gasteiger partial charge in [-0.05, 0) is 42.4 Å². The summed E-state index contributed by atoms with van der Waals surface area (Å²) >= 11 is 0. The van der Waals surface area contributed by atoms with Crippen molar-refractivity contribution in [2.45, 2.75) is 40.2 Å². The number of aryl methyl sites for hydroxylation is 1. The Bertz CT molecular complexity index is 378. The van der Waals surface area contributed by atoms with E-state index in [-0.39, 0.29) is 0 Å². The van der Waals surface area contributed by atoms with E-state index < -0.39 is 0 Å². The fraction of sp³-hybridized carbons (Fsp3) is 0.667. The number of hydrogen-bond acceptors (Lipinski definition) is 3. The summed E-state index contributed by atoms with van der Waals surface area (Å²) in [4.78, 5) is 7.17. The average Bonchev–Trinajstić information content (AvgIpc) is 2.87. The minimum Gasteiger partial charge on any atom is -0.356 e. The third kappa shape index (κ3) is 2.83. The van der Waals surface area contributed by atoms with E-state index in [4.69, 9.17) is 10.7 Å². The lowest BCUT2D eigenvalue weighted by Gasteiger charge is -2.20. The molecule has 2 rings (SSSR count). The van der Waals surface area contributed by atoms with Crippen molar-refractivity contribution in [1.29, 1.82) is 0 Å². The molecule has 1 aliphatic heterocycles. The molecule has 2 N–H and O–H groups in total. The summed E-state index contributed by atoms with van der Waals surface area (Å²) in [6.45, 7) is 9.65. The van der Waals surface area contributed by atoms with E-state index in [1.165, 1.54) is 12.0 Å². The van der Waals surface area contributed by atoms with Crippen LogP contribution >= 0.6 is 0 Å². The van der Waals surface area contributed by atoms with Crippen LogP contribution in [0.1, 0.15) is 38.4 Å². The molecule has 1 aromatic rings.